The van der Waals surface area contributed by atoms with Gasteiger partial charge in [0.15, 0.2) is 0 Å². The highest BCUT2D eigenvalue weighted by Gasteiger charge is 2.27. The molecule has 0 spiro atoms. The molecule has 0 aromatic heterocycles. The predicted molar refractivity (Wildman–Crippen MR) is 69.4 cm³/mol. The Morgan fingerprint density at radius 2 is 2.06 bits per heavy atom. The fourth-order valence-corrected chi connectivity index (χ4v) is 4.21. The van der Waals surface area contributed by atoms with Crippen LogP contribution in [0.1, 0.15) is 45.4 Å². The molecule has 0 aromatic carbocycles. The van der Waals surface area contributed by atoms with E-state index in [-0.39, 0.29) is 17.8 Å². The average molecular weight is 260 g/mol. The van der Waals surface area contributed by atoms with E-state index in [1.807, 2.05) is 6.92 Å². The van der Waals surface area contributed by atoms with Gasteiger partial charge in [-0.1, -0.05) is 19.3 Å². The minimum atomic E-state index is -3.11. The molecule has 1 aliphatic heterocycles. The van der Waals surface area contributed by atoms with Crippen molar-refractivity contribution in [3.05, 3.63) is 0 Å². The largest absolute Gasteiger partial charge is 0.313 e. The molecule has 0 radical (unpaired) electrons. The first-order valence-electron chi connectivity index (χ1n) is 6.78. The average Bonchev–Trinajstić information content (AvgIpc) is 3.01. The molecule has 1 heterocycles. The molecule has 0 amide bonds. The normalized spacial score (nSPS) is 27.9. The number of hydrogen-bond donors (Lipinski definition) is 2. The molecule has 100 valence electrons. The van der Waals surface area contributed by atoms with Gasteiger partial charge in [0.1, 0.15) is 0 Å². The molecule has 2 aliphatic rings. The van der Waals surface area contributed by atoms with Gasteiger partial charge in [-0.05, 0) is 38.6 Å². The number of nitrogens with one attached hydrogen (secondary N) is 2. The minimum Gasteiger partial charge on any atom is -0.313 e. The van der Waals surface area contributed by atoms with Crippen molar-refractivity contribution in [3.8, 4) is 0 Å². The first-order valence-corrected chi connectivity index (χ1v) is 8.44. The Hall–Kier alpha value is -0.130. The summed E-state index contributed by atoms with van der Waals surface area (Å²) in [6, 6.07) is 0.241. The topological polar surface area (TPSA) is 58.2 Å². The summed E-state index contributed by atoms with van der Waals surface area (Å²) in [5.74, 6) is 1.00. The zero-order chi connectivity index (χ0) is 12.3. The van der Waals surface area contributed by atoms with Gasteiger partial charge in [0.2, 0.25) is 10.0 Å². The van der Waals surface area contributed by atoms with E-state index in [4.69, 9.17) is 0 Å². The molecule has 5 heteroatoms. The highest BCUT2D eigenvalue weighted by atomic mass is 32.2. The lowest BCUT2D eigenvalue weighted by Crippen LogP contribution is -2.44. The summed E-state index contributed by atoms with van der Waals surface area (Å²) in [6.07, 6.45) is 6.84. The van der Waals surface area contributed by atoms with Gasteiger partial charge in [-0.3, -0.25) is 0 Å². The van der Waals surface area contributed by atoms with E-state index in [0.29, 0.717) is 0 Å². The SMILES string of the molecule is CC(CC1CC1)NS(=O)(=O)CC1CCCCN1. The Labute approximate surface area is 105 Å². The maximum atomic E-state index is 12.0. The molecule has 4 nitrogen and oxygen atoms in total. The van der Waals surface area contributed by atoms with E-state index in [2.05, 4.69) is 10.0 Å². The predicted octanol–water partition coefficient (Wildman–Crippen LogP) is 1.24. The Balaban J connectivity index is 1.75. The summed E-state index contributed by atoms with van der Waals surface area (Å²) in [5.41, 5.74) is 0. The lowest BCUT2D eigenvalue weighted by atomic mass is 10.1. The molecule has 2 N–H and O–H groups in total. The van der Waals surface area contributed by atoms with Crippen LogP contribution in [-0.2, 0) is 10.0 Å². The van der Waals surface area contributed by atoms with Crippen molar-refractivity contribution in [3.63, 3.8) is 0 Å². The van der Waals surface area contributed by atoms with Crippen molar-refractivity contribution < 1.29 is 8.42 Å². The number of rotatable bonds is 6. The van der Waals surface area contributed by atoms with Crippen molar-refractivity contribution in [2.24, 2.45) is 5.92 Å². The van der Waals surface area contributed by atoms with Crippen LogP contribution >= 0.6 is 0 Å². The molecule has 17 heavy (non-hydrogen) atoms. The molecular weight excluding hydrogens is 236 g/mol. The molecule has 1 aliphatic carbocycles. The molecule has 0 aromatic rings. The standard InChI is InChI=1S/C12H24N2O2S/c1-10(8-11-5-6-11)14-17(15,16)9-12-4-2-3-7-13-12/h10-14H,2-9H2,1H3. The molecule has 2 fully saturated rings. The van der Waals surface area contributed by atoms with Crippen LogP contribution < -0.4 is 10.0 Å². The third kappa shape index (κ3) is 4.94. The van der Waals surface area contributed by atoms with Crippen LogP contribution in [0, 0.1) is 5.92 Å². The van der Waals surface area contributed by atoms with Crippen LogP contribution in [0.2, 0.25) is 0 Å². The van der Waals surface area contributed by atoms with Crippen molar-refractivity contribution in [2.45, 2.75) is 57.5 Å². The number of sulfonamides is 1. The second-order valence-corrected chi connectivity index (χ2v) is 7.42. The third-order valence-electron chi connectivity index (χ3n) is 3.60. The van der Waals surface area contributed by atoms with Crippen molar-refractivity contribution in [2.75, 3.05) is 12.3 Å². The maximum absolute atomic E-state index is 12.0. The minimum absolute atomic E-state index is 0.0936. The summed E-state index contributed by atoms with van der Waals surface area (Å²) in [6.45, 7) is 2.93. The van der Waals surface area contributed by atoms with Gasteiger partial charge < -0.3 is 5.32 Å². The second-order valence-electron chi connectivity index (χ2n) is 5.63. The third-order valence-corrected chi connectivity index (χ3v) is 5.20. The molecule has 1 saturated carbocycles. The molecular formula is C12H24N2O2S. The van der Waals surface area contributed by atoms with Gasteiger partial charge in [-0.2, -0.15) is 0 Å². The Kier molecular flexibility index (Phi) is 4.44. The van der Waals surface area contributed by atoms with Crippen molar-refractivity contribution in [1.29, 1.82) is 0 Å². The highest BCUT2D eigenvalue weighted by molar-refractivity contribution is 7.89. The number of hydrogen-bond acceptors (Lipinski definition) is 3. The smallest absolute Gasteiger partial charge is 0.213 e. The van der Waals surface area contributed by atoms with E-state index in [1.54, 1.807) is 0 Å². The molecule has 0 bridgehead atoms. The maximum Gasteiger partial charge on any atom is 0.213 e. The lowest BCUT2D eigenvalue weighted by Gasteiger charge is -2.24. The van der Waals surface area contributed by atoms with Crippen molar-refractivity contribution >= 4 is 10.0 Å². The van der Waals surface area contributed by atoms with E-state index in [0.717, 1.165) is 31.7 Å². The summed E-state index contributed by atoms with van der Waals surface area (Å²) in [7, 11) is -3.11. The molecule has 2 unspecified atom stereocenters. The first-order chi connectivity index (χ1) is 8.05. The summed E-state index contributed by atoms with van der Waals surface area (Å²) in [4.78, 5) is 0. The van der Waals surface area contributed by atoms with E-state index >= 15 is 0 Å². The van der Waals surface area contributed by atoms with Gasteiger partial charge in [0, 0.05) is 12.1 Å². The van der Waals surface area contributed by atoms with Crippen LogP contribution in [0.3, 0.4) is 0 Å². The monoisotopic (exact) mass is 260 g/mol. The summed E-state index contributed by atoms with van der Waals surface area (Å²) < 4.78 is 26.7. The van der Waals surface area contributed by atoms with Gasteiger partial charge in [0.25, 0.3) is 0 Å². The first kappa shape index (κ1) is 13.3. The van der Waals surface area contributed by atoms with Crippen LogP contribution in [0.25, 0.3) is 0 Å². The molecule has 2 atom stereocenters. The van der Waals surface area contributed by atoms with Gasteiger partial charge in [-0.15, -0.1) is 0 Å². The lowest BCUT2D eigenvalue weighted by molar-refractivity contribution is 0.420. The Bertz CT molecular complexity index is 332. The molecule has 2 rings (SSSR count). The van der Waals surface area contributed by atoms with Crippen molar-refractivity contribution in [1.82, 2.24) is 10.0 Å². The van der Waals surface area contributed by atoms with Crippen LogP contribution in [0.4, 0.5) is 0 Å². The van der Waals surface area contributed by atoms with E-state index in [1.165, 1.54) is 19.3 Å². The molecule has 1 saturated heterocycles. The summed E-state index contributed by atoms with van der Waals surface area (Å²) in [5, 5.41) is 3.28. The fourth-order valence-electron chi connectivity index (χ4n) is 2.59. The fraction of sp³-hybridized carbons (Fsp3) is 1.00. The van der Waals surface area contributed by atoms with Crippen LogP contribution in [0.15, 0.2) is 0 Å². The van der Waals surface area contributed by atoms with Gasteiger partial charge >= 0.3 is 0 Å². The van der Waals surface area contributed by atoms with E-state index in [9.17, 15) is 8.42 Å². The number of piperidine rings is 1. The quantitative estimate of drug-likeness (QED) is 0.755. The van der Waals surface area contributed by atoms with E-state index < -0.39 is 10.0 Å². The highest BCUT2D eigenvalue weighted by Crippen LogP contribution is 2.33. The van der Waals surface area contributed by atoms with Gasteiger partial charge in [-0.25, -0.2) is 13.1 Å². The summed E-state index contributed by atoms with van der Waals surface area (Å²) >= 11 is 0. The Morgan fingerprint density at radius 3 is 2.65 bits per heavy atom. The van der Waals surface area contributed by atoms with Crippen LogP contribution in [-0.4, -0.2) is 32.8 Å². The van der Waals surface area contributed by atoms with Crippen LogP contribution in [0.5, 0.6) is 0 Å². The zero-order valence-electron chi connectivity index (χ0n) is 10.6. The second kappa shape index (κ2) is 5.67. The van der Waals surface area contributed by atoms with Gasteiger partial charge in [0.05, 0.1) is 5.75 Å². The Morgan fingerprint density at radius 1 is 1.29 bits per heavy atom. The zero-order valence-corrected chi connectivity index (χ0v) is 11.4.